The van der Waals surface area contributed by atoms with Gasteiger partial charge < -0.3 is 10.1 Å². The van der Waals surface area contributed by atoms with Crippen molar-refractivity contribution in [3.63, 3.8) is 0 Å². The number of piperidine rings is 1. The molecule has 0 bridgehead atoms. The molecular weight excluding hydrogens is 197 g/mol. The zero-order valence-electron chi connectivity index (χ0n) is 7.64. The highest BCUT2D eigenvalue weighted by Gasteiger charge is 2.41. The zero-order chi connectivity index (χ0) is 9.03. The molecule has 1 aliphatic heterocycles. The lowest BCUT2D eigenvalue weighted by Gasteiger charge is -2.27. The Bertz CT molecular complexity index is 172. The van der Waals surface area contributed by atoms with E-state index in [-0.39, 0.29) is 32.0 Å². The maximum absolute atomic E-state index is 13.6. The van der Waals surface area contributed by atoms with Crippen LogP contribution in [-0.2, 0) is 9.53 Å². The number of carbonyl (C=O) groups excluding carboxylic acids is 1. The minimum Gasteiger partial charge on any atom is -0.464 e. The first-order chi connectivity index (χ1) is 5.69. The van der Waals surface area contributed by atoms with Crippen LogP contribution < -0.4 is 5.32 Å². The van der Waals surface area contributed by atoms with E-state index in [0.29, 0.717) is 6.42 Å². The quantitative estimate of drug-likeness (QED) is 0.695. The Morgan fingerprint density at radius 1 is 1.69 bits per heavy atom. The summed E-state index contributed by atoms with van der Waals surface area (Å²) in [6.45, 7) is 2.79. The van der Waals surface area contributed by atoms with E-state index in [0.717, 1.165) is 6.54 Å². The minimum absolute atomic E-state index is 0. The molecule has 1 fully saturated rings. The van der Waals surface area contributed by atoms with Crippen molar-refractivity contribution in [3.05, 3.63) is 0 Å². The molecule has 0 aromatic heterocycles. The molecule has 5 heteroatoms. The van der Waals surface area contributed by atoms with E-state index < -0.39 is 11.6 Å². The number of hydrogen-bond donors (Lipinski definition) is 1. The number of hydrogen-bond acceptors (Lipinski definition) is 3. The SMILES string of the molecule is CCOC(=O)C1(F)CCCNC1.Cl. The van der Waals surface area contributed by atoms with Gasteiger partial charge in [0.1, 0.15) is 0 Å². The molecule has 1 rings (SSSR count). The van der Waals surface area contributed by atoms with Crippen molar-refractivity contribution in [1.29, 1.82) is 0 Å². The topological polar surface area (TPSA) is 38.3 Å². The van der Waals surface area contributed by atoms with Crippen LogP contribution in [0.3, 0.4) is 0 Å². The fraction of sp³-hybridized carbons (Fsp3) is 0.875. The standard InChI is InChI=1S/C8H14FNO2.ClH/c1-2-12-7(11)8(9)4-3-5-10-6-8;/h10H,2-6H2,1H3;1H. The molecule has 0 saturated carbocycles. The lowest BCUT2D eigenvalue weighted by Crippen LogP contribution is -2.48. The van der Waals surface area contributed by atoms with E-state index in [1.165, 1.54) is 0 Å². The normalized spacial score (nSPS) is 27.5. The molecule has 0 radical (unpaired) electrons. The van der Waals surface area contributed by atoms with Crippen LogP contribution in [0.5, 0.6) is 0 Å². The molecule has 1 saturated heterocycles. The van der Waals surface area contributed by atoms with Crippen LogP contribution in [0, 0.1) is 0 Å². The third kappa shape index (κ3) is 3.12. The van der Waals surface area contributed by atoms with Crippen molar-refractivity contribution in [2.24, 2.45) is 0 Å². The summed E-state index contributed by atoms with van der Waals surface area (Å²) in [7, 11) is 0. The van der Waals surface area contributed by atoms with E-state index in [9.17, 15) is 9.18 Å². The summed E-state index contributed by atoms with van der Waals surface area (Å²) in [5.41, 5.74) is -1.78. The molecule has 1 N–H and O–H groups in total. The van der Waals surface area contributed by atoms with E-state index in [4.69, 9.17) is 0 Å². The van der Waals surface area contributed by atoms with Crippen LogP contribution in [0.25, 0.3) is 0 Å². The summed E-state index contributed by atoms with van der Waals surface area (Å²) in [6, 6.07) is 0. The zero-order valence-corrected chi connectivity index (χ0v) is 8.45. The Labute approximate surface area is 83.4 Å². The summed E-state index contributed by atoms with van der Waals surface area (Å²) >= 11 is 0. The van der Waals surface area contributed by atoms with Crippen molar-refractivity contribution in [2.75, 3.05) is 19.7 Å². The van der Waals surface area contributed by atoms with E-state index in [1.807, 2.05) is 0 Å². The number of nitrogens with one attached hydrogen (secondary N) is 1. The maximum atomic E-state index is 13.6. The predicted molar refractivity (Wildman–Crippen MR) is 49.8 cm³/mol. The van der Waals surface area contributed by atoms with Crippen molar-refractivity contribution in [1.82, 2.24) is 5.32 Å². The monoisotopic (exact) mass is 211 g/mol. The molecule has 1 aliphatic rings. The van der Waals surface area contributed by atoms with Crippen molar-refractivity contribution in [2.45, 2.75) is 25.4 Å². The fourth-order valence-electron chi connectivity index (χ4n) is 1.30. The molecule has 0 aromatic carbocycles. The number of alkyl halides is 1. The maximum Gasteiger partial charge on any atom is 0.345 e. The van der Waals surface area contributed by atoms with Gasteiger partial charge in [-0.25, -0.2) is 9.18 Å². The van der Waals surface area contributed by atoms with Gasteiger partial charge in [0.2, 0.25) is 5.67 Å². The Balaban J connectivity index is 0.00000144. The summed E-state index contributed by atoms with van der Waals surface area (Å²) < 4.78 is 18.2. The Morgan fingerprint density at radius 3 is 2.85 bits per heavy atom. The first kappa shape index (κ1) is 12.7. The van der Waals surface area contributed by atoms with Gasteiger partial charge in [0.25, 0.3) is 0 Å². The van der Waals surface area contributed by atoms with Crippen LogP contribution >= 0.6 is 12.4 Å². The molecule has 0 aliphatic carbocycles. The van der Waals surface area contributed by atoms with Crippen LogP contribution in [0.1, 0.15) is 19.8 Å². The largest absolute Gasteiger partial charge is 0.464 e. The molecule has 13 heavy (non-hydrogen) atoms. The Hall–Kier alpha value is -0.350. The highest BCUT2D eigenvalue weighted by molar-refractivity contribution is 5.85. The first-order valence-corrected chi connectivity index (χ1v) is 4.26. The highest BCUT2D eigenvalue weighted by Crippen LogP contribution is 2.22. The highest BCUT2D eigenvalue weighted by atomic mass is 35.5. The Morgan fingerprint density at radius 2 is 2.38 bits per heavy atom. The minimum atomic E-state index is -1.78. The van der Waals surface area contributed by atoms with Gasteiger partial charge >= 0.3 is 5.97 Å². The van der Waals surface area contributed by atoms with Gasteiger partial charge in [0.05, 0.1) is 6.61 Å². The third-order valence-corrected chi connectivity index (χ3v) is 1.97. The van der Waals surface area contributed by atoms with Crippen molar-refractivity contribution >= 4 is 18.4 Å². The van der Waals surface area contributed by atoms with Gasteiger partial charge in [-0.1, -0.05) is 0 Å². The lowest BCUT2D eigenvalue weighted by atomic mass is 9.96. The summed E-state index contributed by atoms with van der Waals surface area (Å²) in [5, 5.41) is 2.84. The van der Waals surface area contributed by atoms with Crippen LogP contribution in [0.2, 0.25) is 0 Å². The number of carbonyl (C=O) groups is 1. The predicted octanol–water partition coefficient (Wildman–Crippen LogP) is 1.06. The van der Waals surface area contributed by atoms with Gasteiger partial charge in [0, 0.05) is 6.54 Å². The Kier molecular flexibility index (Phi) is 5.25. The van der Waals surface area contributed by atoms with Gasteiger partial charge in [-0.05, 0) is 26.3 Å². The number of halogens is 2. The molecule has 3 nitrogen and oxygen atoms in total. The number of esters is 1. The second-order valence-electron chi connectivity index (χ2n) is 2.97. The van der Waals surface area contributed by atoms with Gasteiger partial charge in [0.15, 0.2) is 0 Å². The molecular formula is C8H15ClFNO2. The molecule has 0 spiro atoms. The molecule has 0 amide bonds. The molecule has 1 heterocycles. The summed E-state index contributed by atoms with van der Waals surface area (Å²) in [4.78, 5) is 11.1. The smallest absolute Gasteiger partial charge is 0.345 e. The third-order valence-electron chi connectivity index (χ3n) is 1.97. The van der Waals surface area contributed by atoms with Gasteiger partial charge in [-0.3, -0.25) is 0 Å². The lowest BCUT2D eigenvalue weighted by molar-refractivity contribution is -0.158. The average molecular weight is 212 g/mol. The summed E-state index contributed by atoms with van der Waals surface area (Å²) in [5.74, 6) is -0.725. The van der Waals surface area contributed by atoms with Crippen molar-refractivity contribution < 1.29 is 13.9 Å². The average Bonchev–Trinajstić information content (AvgIpc) is 2.06. The molecule has 0 aromatic rings. The van der Waals surface area contributed by atoms with Crippen LogP contribution in [0.15, 0.2) is 0 Å². The van der Waals surface area contributed by atoms with Crippen LogP contribution in [0.4, 0.5) is 4.39 Å². The molecule has 78 valence electrons. The number of rotatable bonds is 2. The van der Waals surface area contributed by atoms with Crippen molar-refractivity contribution in [3.8, 4) is 0 Å². The van der Waals surface area contributed by atoms with Gasteiger partial charge in [-0.2, -0.15) is 0 Å². The second-order valence-corrected chi connectivity index (χ2v) is 2.97. The molecule has 1 atom stereocenters. The summed E-state index contributed by atoms with van der Waals surface area (Å²) in [6.07, 6.45) is 0.966. The van der Waals surface area contributed by atoms with Crippen LogP contribution in [-0.4, -0.2) is 31.3 Å². The second kappa shape index (κ2) is 5.40. The number of ether oxygens (including phenoxy) is 1. The van der Waals surface area contributed by atoms with Gasteiger partial charge in [-0.15, -0.1) is 12.4 Å². The first-order valence-electron chi connectivity index (χ1n) is 4.26. The van der Waals surface area contributed by atoms with E-state index in [2.05, 4.69) is 10.1 Å². The van der Waals surface area contributed by atoms with E-state index in [1.54, 1.807) is 6.92 Å². The fourth-order valence-corrected chi connectivity index (χ4v) is 1.30. The van der Waals surface area contributed by atoms with E-state index >= 15 is 0 Å². The molecule has 1 unspecified atom stereocenters.